The zero-order valence-electron chi connectivity index (χ0n) is 18.7. The molecule has 1 saturated heterocycles. The van der Waals surface area contributed by atoms with Crippen molar-refractivity contribution in [2.75, 3.05) is 44.7 Å². The molecule has 166 valence electrons. The number of aromatic amines is 1. The van der Waals surface area contributed by atoms with E-state index in [0.717, 1.165) is 79.0 Å². The summed E-state index contributed by atoms with van der Waals surface area (Å²) in [5, 5.41) is 0. The topological polar surface area (TPSA) is 72.5 Å². The van der Waals surface area contributed by atoms with E-state index in [1.807, 2.05) is 38.4 Å². The van der Waals surface area contributed by atoms with Crippen LogP contribution in [-0.4, -0.2) is 65.4 Å². The second-order valence-electron chi connectivity index (χ2n) is 8.83. The van der Waals surface area contributed by atoms with E-state index in [1.54, 1.807) is 4.90 Å². The molecule has 0 aliphatic carbocycles. The van der Waals surface area contributed by atoms with Crippen molar-refractivity contribution in [3.05, 3.63) is 69.1 Å². The highest BCUT2D eigenvalue weighted by atomic mass is 16.2. The first kappa shape index (κ1) is 20.7. The SMILES string of the molecule is CCc1cc2ncc(CN3CCN(c4ccc5c(c4)CCN(C)C5=O)CC3)cc2[nH]c1=O. The van der Waals surface area contributed by atoms with Crippen LogP contribution in [0.25, 0.3) is 11.0 Å². The fourth-order valence-corrected chi connectivity index (χ4v) is 4.73. The monoisotopic (exact) mass is 431 g/mol. The first-order chi connectivity index (χ1) is 15.5. The summed E-state index contributed by atoms with van der Waals surface area (Å²) >= 11 is 0. The smallest absolute Gasteiger partial charge is 0.253 e. The third-order valence-electron chi connectivity index (χ3n) is 6.73. The minimum absolute atomic E-state index is 0.0223. The third-order valence-corrected chi connectivity index (χ3v) is 6.73. The molecule has 2 aliphatic heterocycles. The van der Waals surface area contributed by atoms with E-state index in [2.05, 4.69) is 31.9 Å². The number of likely N-dealkylation sites (N-methyl/N-ethyl adjacent to an activating group) is 1. The molecule has 1 fully saturated rings. The number of nitrogens with one attached hydrogen (secondary N) is 1. The van der Waals surface area contributed by atoms with Gasteiger partial charge in [0.05, 0.1) is 11.0 Å². The van der Waals surface area contributed by atoms with Crippen molar-refractivity contribution in [3.63, 3.8) is 0 Å². The summed E-state index contributed by atoms with van der Waals surface area (Å²) in [6, 6.07) is 10.2. The zero-order chi connectivity index (χ0) is 22.2. The number of aryl methyl sites for hydroxylation is 1. The number of H-pyrrole nitrogens is 1. The number of aromatic nitrogens is 2. The van der Waals surface area contributed by atoms with Crippen molar-refractivity contribution >= 4 is 22.6 Å². The summed E-state index contributed by atoms with van der Waals surface area (Å²) in [5.74, 6) is 0.124. The average molecular weight is 432 g/mol. The average Bonchev–Trinajstić information content (AvgIpc) is 2.81. The number of carbonyl (C=O) groups excluding carboxylic acids is 1. The predicted octanol–water partition coefficient (Wildman–Crippen LogP) is 2.44. The van der Waals surface area contributed by atoms with Gasteiger partial charge in [0.2, 0.25) is 0 Å². The summed E-state index contributed by atoms with van der Waals surface area (Å²) in [5.41, 5.74) is 6.72. The van der Waals surface area contributed by atoms with Crippen LogP contribution in [0, 0.1) is 0 Å². The molecule has 1 amide bonds. The molecule has 32 heavy (non-hydrogen) atoms. The lowest BCUT2D eigenvalue weighted by Gasteiger charge is -2.36. The molecule has 7 heteroatoms. The number of piperazine rings is 1. The number of amides is 1. The quantitative estimate of drug-likeness (QED) is 0.687. The Labute approximate surface area is 187 Å². The molecular formula is C25H29N5O2. The van der Waals surface area contributed by atoms with Crippen molar-refractivity contribution in [1.82, 2.24) is 19.8 Å². The van der Waals surface area contributed by atoms with E-state index in [4.69, 9.17) is 0 Å². The van der Waals surface area contributed by atoms with Crippen molar-refractivity contribution in [3.8, 4) is 0 Å². The number of rotatable bonds is 4. The number of carbonyl (C=O) groups is 1. The number of pyridine rings is 2. The summed E-state index contributed by atoms with van der Waals surface area (Å²) in [7, 11) is 1.86. The van der Waals surface area contributed by atoms with Gasteiger partial charge in [0, 0.05) is 69.3 Å². The van der Waals surface area contributed by atoms with Gasteiger partial charge in [0.15, 0.2) is 0 Å². The van der Waals surface area contributed by atoms with Crippen LogP contribution in [-0.2, 0) is 19.4 Å². The molecular weight excluding hydrogens is 402 g/mol. The minimum atomic E-state index is -0.0223. The first-order valence-corrected chi connectivity index (χ1v) is 11.4. The van der Waals surface area contributed by atoms with Crippen molar-refractivity contribution in [1.29, 1.82) is 0 Å². The molecule has 0 atom stereocenters. The van der Waals surface area contributed by atoms with Gasteiger partial charge in [-0.15, -0.1) is 0 Å². The van der Waals surface area contributed by atoms with Crippen LogP contribution >= 0.6 is 0 Å². The maximum Gasteiger partial charge on any atom is 0.253 e. The molecule has 0 bridgehead atoms. The lowest BCUT2D eigenvalue weighted by Crippen LogP contribution is -2.46. The highest BCUT2D eigenvalue weighted by Gasteiger charge is 2.23. The Kier molecular flexibility index (Phi) is 5.43. The largest absolute Gasteiger partial charge is 0.369 e. The van der Waals surface area contributed by atoms with Crippen LogP contribution in [0.4, 0.5) is 5.69 Å². The van der Waals surface area contributed by atoms with Gasteiger partial charge in [0.25, 0.3) is 11.5 Å². The van der Waals surface area contributed by atoms with Crippen molar-refractivity contribution in [2.24, 2.45) is 0 Å². The number of hydrogen-bond donors (Lipinski definition) is 1. The Hall–Kier alpha value is -3.19. The highest BCUT2D eigenvalue weighted by Crippen LogP contribution is 2.25. The summed E-state index contributed by atoms with van der Waals surface area (Å²) in [6.45, 7) is 7.40. The zero-order valence-corrected chi connectivity index (χ0v) is 18.7. The summed E-state index contributed by atoms with van der Waals surface area (Å²) in [4.78, 5) is 38.6. The second kappa shape index (κ2) is 8.39. The lowest BCUT2D eigenvalue weighted by molar-refractivity contribution is 0.0781. The molecule has 0 saturated carbocycles. The number of fused-ring (bicyclic) bond motifs is 2. The van der Waals surface area contributed by atoms with E-state index < -0.39 is 0 Å². The molecule has 0 unspecified atom stereocenters. The standard InChI is InChI=1S/C25H29N5O2/c1-3-18-14-22-23(27-24(18)31)12-17(15-26-22)16-29-8-10-30(11-9-29)20-4-5-21-19(13-20)6-7-28(2)25(21)32/h4-5,12-15H,3,6-11,16H2,1-2H3,(H,27,31). The van der Waals surface area contributed by atoms with Crippen molar-refractivity contribution < 1.29 is 4.79 Å². The molecule has 0 radical (unpaired) electrons. The lowest BCUT2D eigenvalue weighted by atomic mass is 9.98. The van der Waals surface area contributed by atoms with E-state index in [9.17, 15) is 9.59 Å². The van der Waals surface area contributed by atoms with Crippen LogP contribution in [0.15, 0.2) is 41.3 Å². The molecule has 5 rings (SSSR count). The molecule has 1 N–H and O–H groups in total. The van der Waals surface area contributed by atoms with E-state index in [-0.39, 0.29) is 11.5 Å². The molecule has 4 heterocycles. The van der Waals surface area contributed by atoms with E-state index in [1.165, 1.54) is 5.69 Å². The maximum absolute atomic E-state index is 12.3. The van der Waals surface area contributed by atoms with Crippen LogP contribution in [0.5, 0.6) is 0 Å². The number of anilines is 1. The molecule has 7 nitrogen and oxygen atoms in total. The van der Waals surface area contributed by atoms with E-state index >= 15 is 0 Å². The van der Waals surface area contributed by atoms with Crippen LogP contribution in [0.3, 0.4) is 0 Å². The number of hydrogen-bond acceptors (Lipinski definition) is 5. The summed E-state index contributed by atoms with van der Waals surface area (Å²) < 4.78 is 0. The fraction of sp³-hybridized carbons (Fsp3) is 0.400. The Balaban J connectivity index is 1.24. The minimum Gasteiger partial charge on any atom is -0.369 e. The molecule has 1 aromatic carbocycles. The van der Waals surface area contributed by atoms with Gasteiger partial charge < -0.3 is 14.8 Å². The Morgan fingerprint density at radius 3 is 2.62 bits per heavy atom. The molecule has 2 aliphatic rings. The number of nitrogens with zero attached hydrogens (tertiary/aromatic N) is 4. The third kappa shape index (κ3) is 3.88. The Bertz CT molecular complexity index is 1230. The predicted molar refractivity (Wildman–Crippen MR) is 126 cm³/mol. The van der Waals surface area contributed by atoms with Gasteiger partial charge in [-0.2, -0.15) is 0 Å². The van der Waals surface area contributed by atoms with Gasteiger partial charge in [-0.05, 0) is 54.3 Å². The molecule has 3 aromatic rings. The van der Waals surface area contributed by atoms with Crippen LogP contribution < -0.4 is 10.5 Å². The van der Waals surface area contributed by atoms with Crippen LogP contribution in [0.2, 0.25) is 0 Å². The van der Waals surface area contributed by atoms with E-state index in [0.29, 0.717) is 6.42 Å². The Morgan fingerprint density at radius 1 is 1.03 bits per heavy atom. The number of benzene rings is 1. The summed E-state index contributed by atoms with van der Waals surface area (Å²) in [6.07, 6.45) is 3.54. The van der Waals surface area contributed by atoms with Gasteiger partial charge >= 0.3 is 0 Å². The second-order valence-corrected chi connectivity index (χ2v) is 8.83. The van der Waals surface area contributed by atoms with Crippen molar-refractivity contribution in [2.45, 2.75) is 26.3 Å². The van der Waals surface area contributed by atoms with Crippen LogP contribution in [0.1, 0.15) is 34.0 Å². The van der Waals surface area contributed by atoms with Gasteiger partial charge in [0.1, 0.15) is 0 Å². The molecule has 2 aromatic heterocycles. The van der Waals surface area contributed by atoms with Gasteiger partial charge in [-0.3, -0.25) is 19.5 Å². The maximum atomic E-state index is 12.3. The fourth-order valence-electron chi connectivity index (χ4n) is 4.73. The van der Waals surface area contributed by atoms with Gasteiger partial charge in [-0.1, -0.05) is 6.92 Å². The first-order valence-electron chi connectivity index (χ1n) is 11.4. The van der Waals surface area contributed by atoms with Gasteiger partial charge in [-0.25, -0.2) is 0 Å². The highest BCUT2D eigenvalue weighted by molar-refractivity contribution is 5.97. The Morgan fingerprint density at radius 2 is 1.84 bits per heavy atom. The molecule has 0 spiro atoms. The normalized spacial score (nSPS) is 17.1.